The van der Waals surface area contributed by atoms with E-state index in [4.69, 9.17) is 4.74 Å². The highest BCUT2D eigenvalue weighted by atomic mass is 16.5. The van der Waals surface area contributed by atoms with Gasteiger partial charge in [0, 0.05) is 6.54 Å². The van der Waals surface area contributed by atoms with E-state index < -0.39 is 6.03 Å². The summed E-state index contributed by atoms with van der Waals surface area (Å²) in [5.74, 6) is -0.250. The van der Waals surface area contributed by atoms with Crippen molar-refractivity contribution in [1.82, 2.24) is 10.2 Å². The molecule has 0 radical (unpaired) electrons. The number of ether oxygens (including phenoxy) is 1. The van der Waals surface area contributed by atoms with Crippen molar-refractivity contribution in [3.8, 4) is 0 Å². The number of urea groups is 1. The van der Waals surface area contributed by atoms with Gasteiger partial charge in [-0.05, 0) is 12.3 Å². The fraction of sp³-hybridized carbons (Fsp3) is 0.786. The number of carbonyl (C=O) groups is 3. The van der Waals surface area contributed by atoms with Gasteiger partial charge in [0.2, 0.25) is 5.91 Å². The average Bonchev–Trinajstić information content (AvgIpc) is 2.76. The SMILES string of the molecule is CCCCC(CC)COC(=O)CCN1C(=O)CNC1=O. The summed E-state index contributed by atoms with van der Waals surface area (Å²) in [4.78, 5) is 35.3. The molecule has 0 aromatic heterocycles. The highest BCUT2D eigenvalue weighted by Gasteiger charge is 2.28. The molecule has 1 fully saturated rings. The minimum atomic E-state index is -0.433. The van der Waals surface area contributed by atoms with Gasteiger partial charge in [-0.2, -0.15) is 0 Å². The third-order valence-electron chi connectivity index (χ3n) is 3.50. The van der Waals surface area contributed by atoms with Crippen LogP contribution in [0.4, 0.5) is 4.79 Å². The molecule has 1 saturated heterocycles. The summed E-state index contributed by atoms with van der Waals surface area (Å²) in [6.45, 7) is 4.76. The molecule has 3 amide bonds. The van der Waals surface area contributed by atoms with Gasteiger partial charge in [-0.3, -0.25) is 14.5 Å². The summed E-state index contributed by atoms with van der Waals surface area (Å²) in [7, 11) is 0. The second-order valence-electron chi connectivity index (χ2n) is 5.05. The van der Waals surface area contributed by atoms with Crippen molar-refractivity contribution < 1.29 is 19.1 Å². The van der Waals surface area contributed by atoms with Crippen LogP contribution in [-0.4, -0.2) is 42.5 Å². The Morgan fingerprint density at radius 3 is 2.70 bits per heavy atom. The van der Waals surface area contributed by atoms with E-state index in [0.717, 1.165) is 30.6 Å². The summed E-state index contributed by atoms with van der Waals surface area (Å²) in [5.41, 5.74) is 0. The molecule has 114 valence electrons. The van der Waals surface area contributed by atoms with E-state index in [1.807, 2.05) is 0 Å². The zero-order valence-corrected chi connectivity index (χ0v) is 12.3. The van der Waals surface area contributed by atoms with E-state index in [9.17, 15) is 14.4 Å². The minimum absolute atomic E-state index is 0.0167. The van der Waals surface area contributed by atoms with Crippen LogP contribution in [-0.2, 0) is 14.3 Å². The quantitative estimate of drug-likeness (QED) is 0.516. The topological polar surface area (TPSA) is 75.7 Å². The molecule has 1 aliphatic heterocycles. The predicted octanol–water partition coefficient (Wildman–Crippen LogP) is 1.69. The standard InChI is InChI=1S/C14H24N2O4/c1-3-5-6-11(4-2)10-20-13(18)7-8-16-12(17)9-15-14(16)19/h11H,3-10H2,1-2H3,(H,15,19). The van der Waals surface area contributed by atoms with Gasteiger partial charge in [-0.15, -0.1) is 0 Å². The predicted molar refractivity (Wildman–Crippen MR) is 74.0 cm³/mol. The lowest BCUT2D eigenvalue weighted by atomic mass is 10.0. The van der Waals surface area contributed by atoms with Gasteiger partial charge in [-0.25, -0.2) is 4.79 Å². The van der Waals surface area contributed by atoms with Crippen LogP contribution in [0, 0.1) is 5.92 Å². The van der Waals surface area contributed by atoms with E-state index in [2.05, 4.69) is 19.2 Å². The number of hydrogen-bond donors (Lipinski definition) is 1. The molecule has 6 heteroatoms. The number of amides is 3. The first-order valence-corrected chi connectivity index (χ1v) is 7.32. The summed E-state index contributed by atoms with van der Waals surface area (Å²) in [6.07, 6.45) is 4.38. The Bertz CT molecular complexity index is 341. The Morgan fingerprint density at radius 2 is 2.15 bits per heavy atom. The summed E-state index contributed by atoms with van der Waals surface area (Å²) in [6, 6.07) is -0.433. The fourth-order valence-corrected chi connectivity index (χ4v) is 2.07. The third-order valence-corrected chi connectivity index (χ3v) is 3.50. The Hall–Kier alpha value is -1.59. The molecule has 0 aromatic rings. The summed E-state index contributed by atoms with van der Waals surface area (Å²) < 4.78 is 5.21. The van der Waals surface area contributed by atoms with Gasteiger partial charge in [0.05, 0.1) is 19.6 Å². The van der Waals surface area contributed by atoms with Crippen molar-refractivity contribution >= 4 is 17.9 Å². The first kappa shape index (κ1) is 16.5. The van der Waals surface area contributed by atoms with E-state index in [1.54, 1.807) is 0 Å². The van der Waals surface area contributed by atoms with Crippen molar-refractivity contribution in [3.63, 3.8) is 0 Å². The molecule has 1 rings (SSSR count). The van der Waals surface area contributed by atoms with Crippen molar-refractivity contribution in [1.29, 1.82) is 0 Å². The van der Waals surface area contributed by atoms with E-state index in [0.29, 0.717) is 12.5 Å². The minimum Gasteiger partial charge on any atom is -0.465 e. The van der Waals surface area contributed by atoms with Gasteiger partial charge in [0.15, 0.2) is 0 Å². The first-order valence-electron chi connectivity index (χ1n) is 7.32. The molecule has 1 unspecified atom stereocenters. The zero-order valence-electron chi connectivity index (χ0n) is 12.3. The summed E-state index contributed by atoms with van der Waals surface area (Å²) >= 11 is 0. The molecular weight excluding hydrogens is 260 g/mol. The molecule has 1 atom stereocenters. The molecule has 0 saturated carbocycles. The largest absolute Gasteiger partial charge is 0.465 e. The van der Waals surface area contributed by atoms with Gasteiger partial charge < -0.3 is 10.1 Å². The van der Waals surface area contributed by atoms with Gasteiger partial charge >= 0.3 is 12.0 Å². The third kappa shape index (κ3) is 5.19. The van der Waals surface area contributed by atoms with Crippen molar-refractivity contribution in [2.75, 3.05) is 19.7 Å². The Labute approximate surface area is 119 Å². The van der Waals surface area contributed by atoms with Crippen LogP contribution in [0.2, 0.25) is 0 Å². The second kappa shape index (κ2) is 8.55. The highest BCUT2D eigenvalue weighted by Crippen LogP contribution is 2.13. The number of rotatable bonds is 9. The molecule has 0 aliphatic carbocycles. The Balaban J connectivity index is 2.22. The molecule has 0 bridgehead atoms. The number of imide groups is 1. The second-order valence-corrected chi connectivity index (χ2v) is 5.05. The Morgan fingerprint density at radius 1 is 1.40 bits per heavy atom. The summed E-state index contributed by atoms with van der Waals surface area (Å²) in [5, 5.41) is 2.41. The maximum absolute atomic E-state index is 11.6. The number of carbonyl (C=O) groups excluding carboxylic acids is 3. The lowest BCUT2D eigenvalue weighted by Gasteiger charge is -2.15. The maximum atomic E-state index is 11.6. The van der Waals surface area contributed by atoms with E-state index in [-0.39, 0.29) is 31.4 Å². The molecular formula is C14H24N2O4. The average molecular weight is 284 g/mol. The van der Waals surface area contributed by atoms with Crippen LogP contribution >= 0.6 is 0 Å². The number of esters is 1. The molecule has 0 spiro atoms. The van der Waals surface area contributed by atoms with Crippen LogP contribution in [0.1, 0.15) is 46.0 Å². The molecule has 1 N–H and O–H groups in total. The normalized spacial score (nSPS) is 16.2. The highest BCUT2D eigenvalue weighted by molar-refractivity contribution is 6.02. The lowest BCUT2D eigenvalue weighted by molar-refractivity contribution is -0.145. The molecule has 6 nitrogen and oxygen atoms in total. The molecule has 0 aromatic carbocycles. The smallest absolute Gasteiger partial charge is 0.324 e. The Kier molecular flexibility index (Phi) is 7.04. The van der Waals surface area contributed by atoms with E-state index in [1.165, 1.54) is 0 Å². The zero-order chi connectivity index (χ0) is 15.0. The maximum Gasteiger partial charge on any atom is 0.324 e. The number of hydrogen-bond acceptors (Lipinski definition) is 4. The monoisotopic (exact) mass is 284 g/mol. The molecule has 20 heavy (non-hydrogen) atoms. The van der Waals surface area contributed by atoms with E-state index >= 15 is 0 Å². The van der Waals surface area contributed by atoms with Crippen molar-refractivity contribution in [2.24, 2.45) is 5.92 Å². The molecule has 1 aliphatic rings. The van der Waals surface area contributed by atoms with Crippen LogP contribution in [0.15, 0.2) is 0 Å². The number of unbranched alkanes of at least 4 members (excludes halogenated alkanes) is 1. The van der Waals surface area contributed by atoms with Crippen LogP contribution in [0.3, 0.4) is 0 Å². The first-order chi connectivity index (χ1) is 9.58. The number of nitrogens with zero attached hydrogens (tertiary/aromatic N) is 1. The van der Waals surface area contributed by atoms with Crippen molar-refractivity contribution in [2.45, 2.75) is 46.0 Å². The van der Waals surface area contributed by atoms with Crippen LogP contribution in [0.25, 0.3) is 0 Å². The number of nitrogens with one attached hydrogen (secondary N) is 1. The van der Waals surface area contributed by atoms with Crippen LogP contribution < -0.4 is 5.32 Å². The van der Waals surface area contributed by atoms with Gasteiger partial charge in [0.25, 0.3) is 0 Å². The van der Waals surface area contributed by atoms with Crippen molar-refractivity contribution in [3.05, 3.63) is 0 Å². The fourth-order valence-electron chi connectivity index (χ4n) is 2.07. The van der Waals surface area contributed by atoms with Gasteiger partial charge in [-0.1, -0.05) is 33.1 Å². The van der Waals surface area contributed by atoms with Crippen LogP contribution in [0.5, 0.6) is 0 Å². The lowest BCUT2D eigenvalue weighted by Crippen LogP contribution is -2.33. The van der Waals surface area contributed by atoms with Gasteiger partial charge in [0.1, 0.15) is 0 Å². The molecule has 1 heterocycles.